The molecule has 5 rings (SSSR count). The van der Waals surface area contributed by atoms with E-state index in [0.717, 1.165) is 56.8 Å². The molecule has 11 heteroatoms. The van der Waals surface area contributed by atoms with Crippen LogP contribution in [0.4, 0.5) is 5.82 Å². The first-order valence-electron chi connectivity index (χ1n) is 13.1. The number of fused-ring (bicyclic) bond motifs is 1. The zero-order valence-electron chi connectivity index (χ0n) is 21.5. The van der Waals surface area contributed by atoms with E-state index in [0.29, 0.717) is 33.2 Å². The van der Waals surface area contributed by atoms with Gasteiger partial charge in [-0.05, 0) is 62.3 Å². The summed E-state index contributed by atoms with van der Waals surface area (Å²) in [5.74, 6) is 0.659. The largest absolute Gasteiger partial charge is 0.481 e. The highest BCUT2D eigenvalue weighted by atomic mass is 35.5. The summed E-state index contributed by atoms with van der Waals surface area (Å²) in [4.78, 5) is 25.5. The van der Waals surface area contributed by atoms with Crippen molar-refractivity contribution in [3.05, 3.63) is 45.7 Å². The summed E-state index contributed by atoms with van der Waals surface area (Å²) in [6.45, 7) is 7.75. The van der Waals surface area contributed by atoms with Gasteiger partial charge in [-0.2, -0.15) is 10.4 Å². The van der Waals surface area contributed by atoms with Crippen LogP contribution in [-0.4, -0.2) is 67.9 Å². The van der Waals surface area contributed by atoms with Gasteiger partial charge in [-0.1, -0.05) is 36.2 Å². The highest BCUT2D eigenvalue weighted by molar-refractivity contribution is 6.35. The maximum atomic E-state index is 11.2. The Hall–Kier alpha value is -2.93. The molecule has 0 bridgehead atoms. The normalized spacial score (nSPS) is 23.3. The van der Waals surface area contributed by atoms with Crippen LogP contribution in [0.25, 0.3) is 11.2 Å². The molecule has 2 saturated heterocycles. The van der Waals surface area contributed by atoms with Crippen LogP contribution in [0.3, 0.4) is 0 Å². The third-order valence-corrected chi connectivity index (χ3v) is 8.50. The number of hydrogen-bond acceptors (Lipinski definition) is 7. The van der Waals surface area contributed by atoms with Crippen LogP contribution in [0, 0.1) is 23.2 Å². The molecule has 4 atom stereocenters. The van der Waals surface area contributed by atoms with E-state index in [9.17, 15) is 15.2 Å². The molecule has 200 valence electrons. The van der Waals surface area contributed by atoms with Crippen molar-refractivity contribution in [2.75, 3.05) is 31.1 Å². The number of anilines is 1. The summed E-state index contributed by atoms with van der Waals surface area (Å²) in [5, 5.41) is 24.5. The van der Waals surface area contributed by atoms with Gasteiger partial charge in [0.15, 0.2) is 11.3 Å². The molecule has 1 aromatic carbocycles. The monoisotopic (exact) mass is 555 g/mol. The number of benzene rings is 1. The van der Waals surface area contributed by atoms with Crippen molar-refractivity contribution in [3.63, 3.8) is 0 Å². The van der Waals surface area contributed by atoms with Gasteiger partial charge in [-0.3, -0.25) is 9.69 Å². The van der Waals surface area contributed by atoms with Crippen LogP contribution < -0.4 is 4.90 Å². The third-order valence-electron chi connectivity index (χ3n) is 7.94. The average Bonchev–Trinajstić information content (AvgIpc) is 3.26. The number of likely N-dealkylation sites (tertiary alicyclic amines) is 1. The van der Waals surface area contributed by atoms with Crippen molar-refractivity contribution in [1.29, 1.82) is 5.26 Å². The van der Waals surface area contributed by atoms with Crippen molar-refractivity contribution < 1.29 is 9.90 Å². The Morgan fingerprint density at radius 1 is 1.26 bits per heavy atom. The number of rotatable bonds is 6. The van der Waals surface area contributed by atoms with Crippen LogP contribution >= 0.6 is 23.2 Å². The maximum Gasteiger partial charge on any atom is 0.303 e. The number of hydrogen-bond donors (Lipinski definition) is 1. The Labute approximate surface area is 232 Å². The quantitative estimate of drug-likeness (QED) is 0.451. The highest BCUT2D eigenvalue weighted by Crippen LogP contribution is 2.33. The van der Waals surface area contributed by atoms with Gasteiger partial charge in [-0.15, -0.1) is 0 Å². The summed E-state index contributed by atoms with van der Waals surface area (Å²) in [7, 11) is 0. The second-order valence-corrected chi connectivity index (χ2v) is 11.4. The summed E-state index contributed by atoms with van der Waals surface area (Å²) in [5.41, 5.74) is 2.06. The zero-order valence-corrected chi connectivity index (χ0v) is 23.0. The molecule has 0 amide bonds. The molecular formula is C27H31Cl2N7O2. The van der Waals surface area contributed by atoms with E-state index in [2.05, 4.69) is 32.9 Å². The predicted octanol–water partition coefficient (Wildman–Crippen LogP) is 5.02. The minimum Gasteiger partial charge on any atom is -0.481 e. The van der Waals surface area contributed by atoms with Gasteiger partial charge in [0.1, 0.15) is 17.4 Å². The van der Waals surface area contributed by atoms with Crippen LogP contribution in [-0.2, 0) is 4.79 Å². The van der Waals surface area contributed by atoms with Crippen molar-refractivity contribution in [3.8, 4) is 6.07 Å². The lowest BCUT2D eigenvalue weighted by Crippen LogP contribution is -2.53. The molecule has 0 aliphatic carbocycles. The van der Waals surface area contributed by atoms with Crippen molar-refractivity contribution in [2.24, 2.45) is 11.8 Å². The molecule has 2 fully saturated rings. The first-order valence-corrected chi connectivity index (χ1v) is 13.8. The Kier molecular flexibility index (Phi) is 7.75. The van der Waals surface area contributed by atoms with Gasteiger partial charge in [0.25, 0.3) is 0 Å². The van der Waals surface area contributed by atoms with Crippen molar-refractivity contribution in [1.82, 2.24) is 24.6 Å². The summed E-state index contributed by atoms with van der Waals surface area (Å²) in [6, 6.07) is 7.62. The first-order chi connectivity index (χ1) is 18.2. The number of nitriles is 1. The first kappa shape index (κ1) is 26.7. The predicted molar refractivity (Wildman–Crippen MR) is 147 cm³/mol. The van der Waals surface area contributed by atoms with Crippen LogP contribution in [0.2, 0.25) is 10.0 Å². The van der Waals surface area contributed by atoms with E-state index in [4.69, 9.17) is 28.2 Å². The fraction of sp³-hybridized carbons (Fsp3) is 0.519. The van der Waals surface area contributed by atoms with E-state index < -0.39 is 5.97 Å². The van der Waals surface area contributed by atoms with Gasteiger partial charge in [0.2, 0.25) is 0 Å². The Morgan fingerprint density at radius 3 is 2.79 bits per heavy atom. The number of nitrogens with zero attached hydrogens (tertiary/aromatic N) is 7. The third kappa shape index (κ3) is 5.31. The number of carboxylic acid groups (broad SMARTS) is 1. The molecule has 9 nitrogen and oxygen atoms in total. The Morgan fingerprint density at radius 2 is 2.08 bits per heavy atom. The number of aromatic nitrogens is 4. The van der Waals surface area contributed by atoms with Gasteiger partial charge < -0.3 is 10.0 Å². The number of carboxylic acids is 1. The lowest BCUT2D eigenvalue weighted by Gasteiger charge is -2.45. The molecule has 2 aromatic heterocycles. The maximum absolute atomic E-state index is 11.2. The van der Waals surface area contributed by atoms with Gasteiger partial charge in [0.05, 0.1) is 12.2 Å². The minimum absolute atomic E-state index is 0.226. The molecule has 2 aliphatic heterocycles. The van der Waals surface area contributed by atoms with Gasteiger partial charge in [0, 0.05) is 42.1 Å². The summed E-state index contributed by atoms with van der Waals surface area (Å²) in [6.07, 6.45) is 4.99. The number of carbonyl (C=O) groups is 1. The van der Waals surface area contributed by atoms with E-state index in [1.165, 1.54) is 0 Å². The molecule has 3 aromatic rings. The fourth-order valence-corrected chi connectivity index (χ4v) is 6.63. The Balaban J connectivity index is 1.37. The number of halogens is 2. The van der Waals surface area contributed by atoms with Gasteiger partial charge in [-0.25, -0.2) is 14.6 Å². The van der Waals surface area contributed by atoms with Crippen LogP contribution in [0.15, 0.2) is 24.4 Å². The van der Waals surface area contributed by atoms with Crippen LogP contribution in [0.5, 0.6) is 0 Å². The van der Waals surface area contributed by atoms with E-state index in [-0.39, 0.29) is 24.1 Å². The van der Waals surface area contributed by atoms with E-state index in [1.807, 2.05) is 13.0 Å². The highest BCUT2D eigenvalue weighted by Gasteiger charge is 2.34. The minimum atomic E-state index is -0.708. The molecule has 38 heavy (non-hydrogen) atoms. The fourth-order valence-electron chi connectivity index (χ4n) is 6.07. The van der Waals surface area contributed by atoms with Crippen molar-refractivity contribution >= 4 is 46.2 Å². The molecule has 1 N–H and O–H groups in total. The number of piperidine rings is 2. The van der Waals surface area contributed by atoms with Crippen molar-refractivity contribution in [2.45, 2.75) is 51.6 Å². The summed E-state index contributed by atoms with van der Waals surface area (Å²) < 4.78 is 1.71. The van der Waals surface area contributed by atoms with Gasteiger partial charge >= 0.3 is 5.97 Å². The molecule has 0 saturated carbocycles. The second-order valence-electron chi connectivity index (χ2n) is 10.5. The standard InChI is InChI=1S/C27H31Cl2N7O2/c1-16-14-35(9-7-23(16)34-8-3-4-18(15-34)10-25(37)38)24-13-31-26-22(12-30)33-36(27(26)32-24)17(2)20-6-5-19(28)11-21(20)29/h5-6,11,13,16-18,23H,3-4,7-10,14-15H2,1-2H3,(H,37,38)/t16-,17?,18?,23+/m1/s1. The zero-order chi connectivity index (χ0) is 27.0. The summed E-state index contributed by atoms with van der Waals surface area (Å²) >= 11 is 12.6. The second kappa shape index (κ2) is 11.0. The molecule has 4 heterocycles. The molecule has 0 radical (unpaired) electrons. The van der Waals surface area contributed by atoms with E-state index in [1.54, 1.807) is 23.0 Å². The average molecular weight is 556 g/mol. The Bertz CT molecular complexity index is 1390. The topological polar surface area (TPSA) is 111 Å². The SMILES string of the molecule is CC(c1ccc(Cl)cc1Cl)n1nc(C#N)c2ncc(N3CC[C@H](N4CCCC(CC(=O)O)C4)[C@H](C)C3)nc21. The molecule has 2 unspecified atom stereocenters. The van der Waals surface area contributed by atoms with Crippen LogP contribution in [0.1, 0.15) is 56.8 Å². The molecular weight excluding hydrogens is 525 g/mol. The lowest BCUT2D eigenvalue weighted by molar-refractivity contribution is -0.138. The van der Waals surface area contributed by atoms with E-state index >= 15 is 0 Å². The molecule has 0 spiro atoms. The lowest BCUT2D eigenvalue weighted by atomic mass is 9.87. The smallest absolute Gasteiger partial charge is 0.303 e. The molecule has 2 aliphatic rings. The number of aliphatic carboxylic acids is 1.